The molecule has 1 aliphatic rings. The number of unbranched alkanes of at least 4 members (excludes halogenated alkanes) is 2. The SMILES string of the molecule is N[C@H]1CC[C@H](CCCCCNc2cc(F)c(S(=O)(=O)Nc3ncns3)cc2Br)C1. The maximum atomic E-state index is 14.5. The number of hydrogen-bond donors (Lipinski definition) is 3. The summed E-state index contributed by atoms with van der Waals surface area (Å²) in [4.78, 5) is 3.31. The van der Waals surface area contributed by atoms with Crippen LogP contribution in [0.5, 0.6) is 0 Å². The smallest absolute Gasteiger partial charge is 0.266 e. The standard InChI is InChI=1S/C18H25BrFN5O2S2/c19-14-9-17(29(26,27)25-18-23-11-24-28-18)15(20)10-16(14)22-7-3-1-2-4-12-5-6-13(21)8-12/h9-13,22H,1-8,21H2,(H,23,24,25)/t12-,13-/m0/s1. The second-order valence-electron chi connectivity index (χ2n) is 7.33. The van der Waals surface area contributed by atoms with Crippen molar-refractivity contribution in [1.29, 1.82) is 0 Å². The van der Waals surface area contributed by atoms with Crippen LogP contribution >= 0.6 is 27.5 Å². The van der Waals surface area contributed by atoms with Crippen LogP contribution in [-0.4, -0.2) is 30.4 Å². The lowest BCUT2D eigenvalue weighted by Gasteiger charge is -2.13. The Morgan fingerprint density at radius 2 is 2.10 bits per heavy atom. The van der Waals surface area contributed by atoms with E-state index in [9.17, 15) is 12.8 Å². The zero-order chi connectivity index (χ0) is 20.9. The number of nitrogens with two attached hydrogens (primary N) is 1. The Hall–Kier alpha value is -1.30. The highest BCUT2D eigenvalue weighted by Crippen LogP contribution is 2.30. The van der Waals surface area contributed by atoms with Crippen molar-refractivity contribution in [3.8, 4) is 0 Å². The van der Waals surface area contributed by atoms with Gasteiger partial charge in [-0.05, 0) is 59.7 Å². The number of rotatable bonds is 10. The molecule has 1 saturated carbocycles. The number of nitrogens with one attached hydrogen (secondary N) is 2. The van der Waals surface area contributed by atoms with E-state index >= 15 is 0 Å². The van der Waals surface area contributed by atoms with Gasteiger partial charge in [0.15, 0.2) is 0 Å². The number of anilines is 2. The Kier molecular flexibility index (Phi) is 7.83. The van der Waals surface area contributed by atoms with E-state index in [1.54, 1.807) is 0 Å². The third kappa shape index (κ3) is 6.34. The van der Waals surface area contributed by atoms with Crippen LogP contribution in [0, 0.1) is 11.7 Å². The number of halogens is 2. The van der Waals surface area contributed by atoms with Crippen molar-refractivity contribution in [2.75, 3.05) is 16.6 Å². The number of aromatic nitrogens is 2. The first-order valence-corrected chi connectivity index (χ1v) is 12.7. The highest BCUT2D eigenvalue weighted by molar-refractivity contribution is 9.10. The van der Waals surface area contributed by atoms with E-state index in [-0.39, 0.29) is 5.13 Å². The summed E-state index contributed by atoms with van der Waals surface area (Å²) in [5.41, 5.74) is 6.47. The van der Waals surface area contributed by atoms with Gasteiger partial charge in [-0.3, -0.25) is 4.72 Å². The topological polar surface area (TPSA) is 110 Å². The van der Waals surface area contributed by atoms with Gasteiger partial charge in [-0.2, -0.15) is 4.37 Å². The molecule has 1 aromatic heterocycles. The Morgan fingerprint density at radius 3 is 2.79 bits per heavy atom. The molecule has 2 aromatic rings. The summed E-state index contributed by atoms with van der Waals surface area (Å²) in [5.74, 6) is -0.0604. The van der Waals surface area contributed by atoms with E-state index in [4.69, 9.17) is 5.73 Å². The minimum atomic E-state index is -4.08. The van der Waals surface area contributed by atoms with Crippen LogP contribution in [0.15, 0.2) is 27.8 Å². The van der Waals surface area contributed by atoms with Gasteiger partial charge in [-0.1, -0.05) is 19.3 Å². The minimum absolute atomic E-state index is 0.0855. The monoisotopic (exact) mass is 505 g/mol. The average Bonchev–Trinajstić information content (AvgIpc) is 3.31. The molecule has 1 aromatic carbocycles. The van der Waals surface area contributed by atoms with E-state index in [1.165, 1.54) is 37.7 Å². The van der Waals surface area contributed by atoms with Crippen LogP contribution in [0.3, 0.4) is 0 Å². The second-order valence-corrected chi connectivity index (χ2v) is 10.6. The minimum Gasteiger partial charge on any atom is -0.384 e. The van der Waals surface area contributed by atoms with Crippen molar-refractivity contribution in [2.24, 2.45) is 11.7 Å². The van der Waals surface area contributed by atoms with Gasteiger partial charge in [0.2, 0.25) is 5.13 Å². The van der Waals surface area contributed by atoms with Crippen molar-refractivity contribution in [1.82, 2.24) is 9.36 Å². The fourth-order valence-electron chi connectivity index (χ4n) is 3.59. The molecule has 0 amide bonds. The van der Waals surface area contributed by atoms with Crippen LogP contribution in [0.25, 0.3) is 0 Å². The Morgan fingerprint density at radius 1 is 1.28 bits per heavy atom. The van der Waals surface area contributed by atoms with Crippen molar-refractivity contribution in [3.05, 3.63) is 28.7 Å². The van der Waals surface area contributed by atoms with Crippen molar-refractivity contribution in [2.45, 2.75) is 55.9 Å². The zero-order valence-electron chi connectivity index (χ0n) is 15.9. The molecule has 1 aliphatic carbocycles. The van der Waals surface area contributed by atoms with Crippen molar-refractivity contribution < 1.29 is 12.8 Å². The number of hydrogen-bond acceptors (Lipinski definition) is 7. The van der Waals surface area contributed by atoms with Crippen LogP contribution in [0.2, 0.25) is 0 Å². The number of sulfonamides is 1. The van der Waals surface area contributed by atoms with Gasteiger partial charge in [0.05, 0.1) is 5.69 Å². The normalized spacial score (nSPS) is 19.4. The second kappa shape index (κ2) is 10.1. The first kappa shape index (κ1) is 22.4. The van der Waals surface area contributed by atoms with E-state index in [2.05, 4.69) is 35.3 Å². The zero-order valence-corrected chi connectivity index (χ0v) is 19.1. The van der Waals surface area contributed by atoms with Crippen molar-refractivity contribution in [3.63, 3.8) is 0 Å². The summed E-state index contributed by atoms with van der Waals surface area (Å²) in [5, 5.41) is 3.26. The summed E-state index contributed by atoms with van der Waals surface area (Å²) in [6.07, 6.45) is 9.21. The molecule has 0 unspecified atom stereocenters. The van der Waals surface area contributed by atoms with Gasteiger partial charge in [0.1, 0.15) is 17.0 Å². The Balaban J connectivity index is 1.49. The lowest BCUT2D eigenvalue weighted by molar-refractivity contribution is 0.464. The molecule has 3 rings (SSSR count). The molecule has 29 heavy (non-hydrogen) atoms. The van der Waals surface area contributed by atoms with E-state index in [1.807, 2.05) is 0 Å². The predicted octanol–water partition coefficient (Wildman–Crippen LogP) is 4.34. The van der Waals surface area contributed by atoms with Crippen LogP contribution < -0.4 is 15.8 Å². The fourth-order valence-corrected chi connectivity index (χ4v) is 5.97. The maximum Gasteiger partial charge on any atom is 0.266 e. The summed E-state index contributed by atoms with van der Waals surface area (Å²) in [6, 6.07) is 2.83. The molecule has 0 aliphatic heterocycles. The lowest BCUT2D eigenvalue weighted by atomic mass is 9.99. The molecule has 1 fully saturated rings. The molecule has 0 bridgehead atoms. The van der Waals surface area contributed by atoms with Crippen molar-refractivity contribution >= 4 is 48.3 Å². The molecular formula is C18H25BrFN5O2S2. The molecule has 2 atom stereocenters. The molecule has 0 saturated heterocycles. The Bertz CT molecular complexity index is 911. The molecule has 0 spiro atoms. The summed E-state index contributed by atoms with van der Waals surface area (Å²) in [7, 11) is -4.08. The van der Waals surface area contributed by atoms with Gasteiger partial charge in [-0.25, -0.2) is 17.8 Å². The van der Waals surface area contributed by atoms with E-state index < -0.39 is 20.7 Å². The van der Waals surface area contributed by atoms with Gasteiger partial charge < -0.3 is 11.1 Å². The molecule has 1 heterocycles. The van der Waals surface area contributed by atoms with E-state index in [0.29, 0.717) is 22.7 Å². The molecule has 7 nitrogen and oxygen atoms in total. The summed E-state index contributed by atoms with van der Waals surface area (Å²) >= 11 is 4.21. The van der Waals surface area contributed by atoms with Crippen LogP contribution in [0.4, 0.5) is 15.2 Å². The average molecular weight is 506 g/mol. The first-order chi connectivity index (χ1) is 13.8. The number of nitrogens with zero attached hydrogens (tertiary/aromatic N) is 2. The molecule has 11 heteroatoms. The highest BCUT2D eigenvalue weighted by atomic mass is 79.9. The first-order valence-electron chi connectivity index (χ1n) is 9.63. The van der Waals surface area contributed by atoms with Gasteiger partial charge in [-0.15, -0.1) is 0 Å². The summed E-state index contributed by atoms with van der Waals surface area (Å²) in [6.45, 7) is 0.692. The predicted molar refractivity (Wildman–Crippen MR) is 117 cm³/mol. The highest BCUT2D eigenvalue weighted by Gasteiger charge is 2.23. The molecular weight excluding hydrogens is 481 g/mol. The van der Waals surface area contributed by atoms with Crippen LogP contribution in [0.1, 0.15) is 44.9 Å². The maximum absolute atomic E-state index is 14.5. The van der Waals surface area contributed by atoms with Crippen LogP contribution in [-0.2, 0) is 10.0 Å². The summed E-state index contributed by atoms with van der Waals surface area (Å²) < 4.78 is 45.7. The number of benzene rings is 1. The van der Waals surface area contributed by atoms with E-state index in [0.717, 1.165) is 43.1 Å². The molecule has 160 valence electrons. The molecule has 0 radical (unpaired) electrons. The lowest BCUT2D eigenvalue weighted by Crippen LogP contribution is -2.15. The van der Waals surface area contributed by atoms with Gasteiger partial charge in [0, 0.05) is 28.6 Å². The Labute approximate surface area is 183 Å². The largest absolute Gasteiger partial charge is 0.384 e. The fraction of sp³-hybridized carbons (Fsp3) is 0.556. The van der Waals surface area contributed by atoms with Gasteiger partial charge >= 0.3 is 0 Å². The third-order valence-electron chi connectivity index (χ3n) is 5.08. The van der Waals surface area contributed by atoms with Gasteiger partial charge in [0.25, 0.3) is 10.0 Å². The quantitative estimate of drug-likeness (QED) is 0.414. The third-order valence-corrected chi connectivity index (χ3v) is 7.80. The molecule has 4 N–H and O–H groups in total.